The molecule has 0 atom stereocenters. The zero-order valence-electron chi connectivity index (χ0n) is 17.4. The second-order valence-corrected chi connectivity index (χ2v) is 8.71. The van der Waals surface area contributed by atoms with E-state index in [1.165, 1.54) is 16.9 Å². The molecule has 1 aliphatic rings. The predicted molar refractivity (Wildman–Crippen MR) is 123 cm³/mol. The first kappa shape index (κ1) is 19.8. The fourth-order valence-electron chi connectivity index (χ4n) is 3.98. The molecule has 156 valence electrons. The Balaban J connectivity index is 1.25. The van der Waals surface area contributed by atoms with E-state index in [1.807, 2.05) is 42.3 Å². The van der Waals surface area contributed by atoms with Crippen molar-refractivity contribution in [2.45, 2.75) is 13.5 Å². The Bertz CT molecular complexity index is 1210. The van der Waals surface area contributed by atoms with Crippen LogP contribution in [0.1, 0.15) is 20.9 Å². The number of aryl methyl sites for hydroxylation is 1. The van der Waals surface area contributed by atoms with Crippen molar-refractivity contribution in [2.24, 2.45) is 0 Å². The Morgan fingerprint density at radius 1 is 0.968 bits per heavy atom. The van der Waals surface area contributed by atoms with E-state index in [-0.39, 0.29) is 5.91 Å². The highest BCUT2D eigenvalue weighted by atomic mass is 32.1. The van der Waals surface area contributed by atoms with Crippen LogP contribution in [0.15, 0.2) is 60.9 Å². The molecule has 1 amide bonds. The van der Waals surface area contributed by atoms with Crippen molar-refractivity contribution in [1.82, 2.24) is 24.8 Å². The summed E-state index contributed by atoms with van der Waals surface area (Å²) in [5, 5.41) is 1.96. The van der Waals surface area contributed by atoms with Crippen LogP contribution in [0.3, 0.4) is 0 Å². The van der Waals surface area contributed by atoms with E-state index in [4.69, 9.17) is 0 Å². The Labute approximate surface area is 185 Å². The number of benzene rings is 1. The van der Waals surface area contributed by atoms with Crippen molar-refractivity contribution < 1.29 is 4.79 Å². The first-order chi connectivity index (χ1) is 15.2. The summed E-state index contributed by atoms with van der Waals surface area (Å²) in [6, 6.07) is 16.1. The highest BCUT2D eigenvalue weighted by Gasteiger charge is 2.26. The Kier molecular flexibility index (Phi) is 5.44. The van der Waals surface area contributed by atoms with Gasteiger partial charge in [-0.2, -0.15) is 0 Å². The molecule has 0 saturated carbocycles. The van der Waals surface area contributed by atoms with Gasteiger partial charge in [0.15, 0.2) is 0 Å². The topological polar surface area (TPSA) is 62.2 Å². The zero-order chi connectivity index (χ0) is 21.2. The molecule has 1 aromatic carbocycles. The maximum atomic E-state index is 13.2. The van der Waals surface area contributed by atoms with Gasteiger partial charge >= 0.3 is 0 Å². The molecule has 31 heavy (non-hydrogen) atoms. The summed E-state index contributed by atoms with van der Waals surface area (Å²) in [6.45, 7) is 5.88. The Hall–Kier alpha value is -3.16. The van der Waals surface area contributed by atoms with Gasteiger partial charge in [0, 0.05) is 50.5 Å². The minimum Gasteiger partial charge on any atom is -0.335 e. The fourth-order valence-corrected chi connectivity index (χ4v) is 4.99. The number of carbonyl (C=O) groups excluding carboxylic acids is 1. The van der Waals surface area contributed by atoms with Crippen molar-refractivity contribution in [1.29, 1.82) is 0 Å². The molecule has 1 aliphatic heterocycles. The minimum atomic E-state index is 0.0728. The Morgan fingerprint density at radius 3 is 2.58 bits per heavy atom. The number of hydrogen-bond donors (Lipinski definition) is 0. The molecule has 1 saturated heterocycles. The van der Waals surface area contributed by atoms with Crippen molar-refractivity contribution in [3.05, 3.63) is 77.1 Å². The lowest BCUT2D eigenvalue weighted by Crippen LogP contribution is -2.48. The third kappa shape index (κ3) is 4.06. The van der Waals surface area contributed by atoms with Crippen LogP contribution >= 0.6 is 11.3 Å². The molecule has 7 heteroatoms. The molecule has 0 unspecified atom stereocenters. The number of thiazole rings is 1. The van der Waals surface area contributed by atoms with Gasteiger partial charge in [0.2, 0.25) is 0 Å². The molecule has 1 fully saturated rings. The number of nitrogens with zero attached hydrogens (tertiary/aromatic N) is 5. The summed E-state index contributed by atoms with van der Waals surface area (Å²) < 4.78 is 0. The predicted octanol–water partition coefficient (Wildman–Crippen LogP) is 4.02. The SMILES string of the molecule is Cc1nc(-c2ccccn2)sc1C(=O)N1CCN(Cc2cccc3cccnc23)CC1. The lowest BCUT2D eigenvalue weighted by Gasteiger charge is -2.34. The molecule has 0 bridgehead atoms. The van der Waals surface area contributed by atoms with Gasteiger partial charge in [0.1, 0.15) is 9.88 Å². The van der Waals surface area contributed by atoms with E-state index in [1.54, 1.807) is 6.20 Å². The van der Waals surface area contributed by atoms with Gasteiger partial charge in [0.05, 0.1) is 16.9 Å². The smallest absolute Gasteiger partial charge is 0.265 e. The van der Waals surface area contributed by atoms with Gasteiger partial charge in [-0.05, 0) is 30.7 Å². The Morgan fingerprint density at radius 2 is 1.77 bits per heavy atom. The standard InChI is InChI=1S/C24H23N5OS/c1-17-22(31-23(27-17)20-9-2-3-10-25-20)24(30)29-14-12-28(13-15-29)16-19-7-4-6-18-8-5-11-26-21(18)19/h2-11H,12-16H2,1H3. The minimum absolute atomic E-state index is 0.0728. The average molecular weight is 430 g/mol. The van der Waals surface area contributed by atoms with Crippen LogP contribution in [0.4, 0.5) is 0 Å². The highest BCUT2D eigenvalue weighted by Crippen LogP contribution is 2.28. The monoisotopic (exact) mass is 429 g/mol. The van der Waals surface area contributed by atoms with Gasteiger partial charge < -0.3 is 4.90 Å². The van der Waals surface area contributed by atoms with Gasteiger partial charge in [-0.25, -0.2) is 4.98 Å². The number of fused-ring (bicyclic) bond motifs is 1. The number of amides is 1. The quantitative estimate of drug-likeness (QED) is 0.490. The summed E-state index contributed by atoms with van der Waals surface area (Å²) in [5.41, 5.74) is 3.88. The summed E-state index contributed by atoms with van der Waals surface area (Å²) in [6.07, 6.45) is 3.59. The van der Waals surface area contributed by atoms with Crippen LogP contribution in [0.2, 0.25) is 0 Å². The molecule has 6 nitrogen and oxygen atoms in total. The number of para-hydroxylation sites is 1. The van der Waals surface area contributed by atoms with Crippen molar-refractivity contribution in [2.75, 3.05) is 26.2 Å². The summed E-state index contributed by atoms with van der Waals surface area (Å²) >= 11 is 1.43. The largest absolute Gasteiger partial charge is 0.335 e. The second kappa shape index (κ2) is 8.53. The van der Waals surface area contributed by atoms with Crippen LogP contribution in [0.5, 0.6) is 0 Å². The molecule has 4 heterocycles. The lowest BCUT2D eigenvalue weighted by molar-refractivity contribution is 0.0632. The number of aromatic nitrogens is 3. The maximum absolute atomic E-state index is 13.2. The normalized spacial score (nSPS) is 14.8. The van der Waals surface area contributed by atoms with Crippen LogP contribution < -0.4 is 0 Å². The maximum Gasteiger partial charge on any atom is 0.265 e. The van der Waals surface area contributed by atoms with Gasteiger partial charge in [-0.1, -0.05) is 30.3 Å². The van der Waals surface area contributed by atoms with E-state index in [9.17, 15) is 4.79 Å². The lowest BCUT2D eigenvalue weighted by atomic mass is 10.1. The van der Waals surface area contributed by atoms with Crippen molar-refractivity contribution >= 4 is 28.1 Å². The molecule has 4 aromatic rings. The molecule has 3 aromatic heterocycles. The molecule has 0 aliphatic carbocycles. The van der Waals surface area contributed by atoms with E-state index >= 15 is 0 Å². The fraction of sp³-hybridized carbons (Fsp3) is 0.250. The third-order valence-corrected chi connectivity index (χ3v) is 6.81. The average Bonchev–Trinajstić information content (AvgIpc) is 3.21. The van der Waals surface area contributed by atoms with E-state index in [0.717, 1.165) is 46.9 Å². The number of pyridine rings is 2. The van der Waals surface area contributed by atoms with Gasteiger partial charge in [-0.3, -0.25) is 19.7 Å². The number of rotatable bonds is 4. The molecular weight excluding hydrogens is 406 g/mol. The zero-order valence-corrected chi connectivity index (χ0v) is 18.2. The van der Waals surface area contributed by atoms with E-state index < -0.39 is 0 Å². The summed E-state index contributed by atoms with van der Waals surface area (Å²) in [7, 11) is 0. The highest BCUT2D eigenvalue weighted by molar-refractivity contribution is 7.17. The molecule has 0 N–H and O–H groups in total. The first-order valence-corrected chi connectivity index (χ1v) is 11.2. The second-order valence-electron chi connectivity index (χ2n) is 7.71. The number of piperazine rings is 1. The van der Waals surface area contributed by atoms with E-state index in [0.29, 0.717) is 18.0 Å². The summed E-state index contributed by atoms with van der Waals surface area (Å²) in [4.78, 5) is 31.7. The molecular formula is C24H23N5OS. The van der Waals surface area contributed by atoms with Gasteiger partial charge in [0.25, 0.3) is 5.91 Å². The van der Waals surface area contributed by atoms with E-state index in [2.05, 4.69) is 44.1 Å². The van der Waals surface area contributed by atoms with Gasteiger partial charge in [-0.15, -0.1) is 11.3 Å². The number of carbonyl (C=O) groups is 1. The van der Waals surface area contributed by atoms with Crippen LogP contribution in [0, 0.1) is 6.92 Å². The molecule has 0 spiro atoms. The molecule has 5 rings (SSSR count). The van der Waals surface area contributed by atoms with Crippen molar-refractivity contribution in [3.63, 3.8) is 0 Å². The number of hydrogen-bond acceptors (Lipinski definition) is 6. The van der Waals surface area contributed by atoms with Crippen LogP contribution in [0.25, 0.3) is 21.6 Å². The summed E-state index contributed by atoms with van der Waals surface area (Å²) in [5.74, 6) is 0.0728. The van der Waals surface area contributed by atoms with Crippen LogP contribution in [-0.4, -0.2) is 56.8 Å². The first-order valence-electron chi connectivity index (χ1n) is 10.4. The molecule has 0 radical (unpaired) electrons. The van der Waals surface area contributed by atoms with Crippen LogP contribution in [-0.2, 0) is 6.54 Å². The van der Waals surface area contributed by atoms with Crippen molar-refractivity contribution in [3.8, 4) is 10.7 Å². The third-order valence-electron chi connectivity index (χ3n) is 5.64.